The Morgan fingerprint density at radius 1 is 0.556 bits per heavy atom. The van der Waals surface area contributed by atoms with Crippen LogP contribution in [0.15, 0.2) is 127 Å². The van der Waals surface area contributed by atoms with E-state index in [2.05, 4.69) is 146 Å². The summed E-state index contributed by atoms with van der Waals surface area (Å²) >= 11 is 1.84. The van der Waals surface area contributed by atoms with Crippen molar-refractivity contribution in [3.63, 3.8) is 0 Å². The Morgan fingerprint density at radius 2 is 1.24 bits per heavy atom. The first-order valence-corrected chi connectivity index (χ1v) is 16.2. The average Bonchev–Trinajstić information content (AvgIpc) is 3.69. The highest BCUT2D eigenvalue weighted by atomic mass is 32.1. The molecule has 3 heterocycles. The van der Waals surface area contributed by atoms with E-state index in [0.717, 1.165) is 39.5 Å². The molecular weight excluding hydrogens is 567 g/mol. The molecule has 1 aliphatic carbocycles. The largest absolute Gasteiger partial charge is 0.292 e. The van der Waals surface area contributed by atoms with Crippen LogP contribution in [-0.2, 0) is 5.41 Å². The van der Waals surface area contributed by atoms with Crippen LogP contribution >= 0.6 is 11.3 Å². The van der Waals surface area contributed by atoms with E-state index in [0.29, 0.717) is 0 Å². The molecule has 0 bridgehead atoms. The predicted molar refractivity (Wildman–Crippen MR) is 190 cm³/mol. The van der Waals surface area contributed by atoms with Crippen LogP contribution in [-0.4, -0.2) is 14.5 Å². The third kappa shape index (κ3) is 3.35. The van der Waals surface area contributed by atoms with Gasteiger partial charge < -0.3 is 0 Å². The number of thiophene rings is 1. The first-order chi connectivity index (χ1) is 22.1. The lowest BCUT2D eigenvalue weighted by atomic mass is 9.85. The molecule has 9 aromatic rings. The van der Waals surface area contributed by atoms with Gasteiger partial charge >= 0.3 is 0 Å². The second-order valence-corrected chi connectivity index (χ2v) is 13.7. The molecule has 3 aromatic heterocycles. The van der Waals surface area contributed by atoms with Gasteiger partial charge in [0, 0.05) is 47.5 Å². The van der Waals surface area contributed by atoms with Crippen LogP contribution in [0.3, 0.4) is 0 Å². The van der Waals surface area contributed by atoms with Crippen molar-refractivity contribution in [2.24, 2.45) is 0 Å². The predicted octanol–water partition coefficient (Wildman–Crippen LogP) is 11.1. The maximum atomic E-state index is 5.69. The molecule has 0 saturated heterocycles. The first-order valence-electron chi connectivity index (χ1n) is 15.4. The van der Waals surface area contributed by atoms with Crippen LogP contribution in [0.5, 0.6) is 0 Å². The molecule has 1 aliphatic rings. The van der Waals surface area contributed by atoms with Gasteiger partial charge in [-0.2, -0.15) is 0 Å². The number of hydrogen-bond donors (Lipinski definition) is 0. The summed E-state index contributed by atoms with van der Waals surface area (Å²) in [6.45, 7) is 4.56. The quantitative estimate of drug-likeness (QED) is 0.200. The summed E-state index contributed by atoms with van der Waals surface area (Å²) in [6.07, 6.45) is 0. The summed E-state index contributed by atoms with van der Waals surface area (Å²) < 4.78 is 4.89. The zero-order valence-electron chi connectivity index (χ0n) is 24.9. The molecular formula is C41H27N3S. The van der Waals surface area contributed by atoms with Crippen molar-refractivity contribution in [1.82, 2.24) is 14.5 Å². The zero-order valence-corrected chi connectivity index (χ0v) is 25.7. The molecule has 212 valence electrons. The first kappa shape index (κ1) is 25.1. The van der Waals surface area contributed by atoms with Crippen molar-refractivity contribution in [2.75, 3.05) is 0 Å². The van der Waals surface area contributed by atoms with Crippen LogP contribution in [0.1, 0.15) is 25.1 Å². The Morgan fingerprint density at radius 3 is 2.13 bits per heavy atom. The molecule has 0 N–H and O–H groups in total. The Kier molecular flexibility index (Phi) is 4.94. The van der Waals surface area contributed by atoms with Crippen LogP contribution in [0.25, 0.3) is 81.1 Å². The van der Waals surface area contributed by atoms with Gasteiger partial charge in [0.25, 0.3) is 0 Å². The number of rotatable bonds is 2. The van der Waals surface area contributed by atoms with Gasteiger partial charge in [0.1, 0.15) is 5.69 Å². The molecule has 0 fully saturated rings. The maximum absolute atomic E-state index is 5.69. The fourth-order valence-electron chi connectivity index (χ4n) is 7.57. The standard InChI is InChI=1S/C41H27N3S/c1-41(2)32-19-8-5-16-29(32)36-39(41)43-40(37(42-36)30-18-11-17-28-27-15-7-10-21-35(27)45-38(28)30)44-33-20-9-6-14-26(33)31-22-24-12-3-4-13-25(24)23-34(31)44/h3-23H,1-2H3. The number of benzene rings is 6. The molecule has 0 amide bonds. The highest BCUT2D eigenvalue weighted by Crippen LogP contribution is 2.50. The van der Waals surface area contributed by atoms with Crippen molar-refractivity contribution in [3.05, 3.63) is 139 Å². The van der Waals surface area contributed by atoms with Crippen LogP contribution in [0, 0.1) is 0 Å². The minimum absolute atomic E-state index is 0.277. The van der Waals surface area contributed by atoms with Crippen LogP contribution < -0.4 is 0 Å². The topological polar surface area (TPSA) is 30.7 Å². The van der Waals surface area contributed by atoms with Crippen molar-refractivity contribution in [1.29, 1.82) is 0 Å². The van der Waals surface area contributed by atoms with E-state index in [1.165, 1.54) is 52.8 Å². The van der Waals surface area contributed by atoms with Gasteiger partial charge in [0.05, 0.1) is 22.4 Å². The van der Waals surface area contributed by atoms with Crippen molar-refractivity contribution in [2.45, 2.75) is 19.3 Å². The Hall–Kier alpha value is -5.32. The Bertz CT molecular complexity index is 2690. The lowest BCUT2D eigenvalue weighted by Gasteiger charge is -2.22. The summed E-state index contributed by atoms with van der Waals surface area (Å²) in [5.74, 6) is 0.876. The maximum Gasteiger partial charge on any atom is 0.164 e. The molecule has 0 saturated carbocycles. The monoisotopic (exact) mass is 593 g/mol. The fraction of sp³-hybridized carbons (Fsp3) is 0.0732. The summed E-state index contributed by atoms with van der Waals surface area (Å²) in [7, 11) is 0. The number of aromatic nitrogens is 3. The average molecular weight is 594 g/mol. The van der Waals surface area contributed by atoms with E-state index in [1.54, 1.807) is 0 Å². The molecule has 4 heteroatoms. The smallest absolute Gasteiger partial charge is 0.164 e. The number of hydrogen-bond acceptors (Lipinski definition) is 3. The van der Waals surface area contributed by atoms with Gasteiger partial charge in [0.2, 0.25) is 0 Å². The van der Waals surface area contributed by atoms with Gasteiger partial charge in [0.15, 0.2) is 5.82 Å². The third-order valence-electron chi connectivity index (χ3n) is 9.74. The number of nitrogens with zero attached hydrogens (tertiary/aromatic N) is 3. The Balaban J connectivity index is 1.39. The van der Waals surface area contributed by atoms with E-state index >= 15 is 0 Å². The van der Waals surface area contributed by atoms with E-state index in [1.807, 2.05) is 11.3 Å². The van der Waals surface area contributed by atoms with Gasteiger partial charge in [-0.15, -0.1) is 11.3 Å². The SMILES string of the molecule is CC1(C)c2ccccc2-c2nc(-c3cccc4c3sc3ccccc34)c(-n3c4ccccc4c4cc5ccccc5cc43)nc21. The van der Waals surface area contributed by atoms with Crippen molar-refractivity contribution < 1.29 is 0 Å². The van der Waals surface area contributed by atoms with E-state index in [4.69, 9.17) is 9.97 Å². The van der Waals surface area contributed by atoms with Crippen molar-refractivity contribution in [3.8, 4) is 28.3 Å². The van der Waals surface area contributed by atoms with Gasteiger partial charge in [-0.1, -0.05) is 117 Å². The molecule has 3 nitrogen and oxygen atoms in total. The zero-order chi connectivity index (χ0) is 29.9. The molecule has 6 aromatic carbocycles. The molecule has 45 heavy (non-hydrogen) atoms. The van der Waals surface area contributed by atoms with E-state index < -0.39 is 0 Å². The summed E-state index contributed by atoms with van der Waals surface area (Å²) in [5.41, 5.74) is 8.49. The lowest BCUT2D eigenvalue weighted by molar-refractivity contribution is 0.633. The molecule has 10 rings (SSSR count). The van der Waals surface area contributed by atoms with Crippen LogP contribution in [0.4, 0.5) is 0 Å². The summed E-state index contributed by atoms with van der Waals surface area (Å²) in [5, 5.41) is 7.43. The minimum atomic E-state index is -0.277. The van der Waals surface area contributed by atoms with Crippen molar-refractivity contribution >= 4 is 64.1 Å². The normalized spacial score (nSPS) is 13.7. The van der Waals surface area contributed by atoms with E-state index in [9.17, 15) is 0 Å². The van der Waals surface area contributed by atoms with Gasteiger partial charge in [-0.3, -0.25) is 4.57 Å². The third-order valence-corrected chi connectivity index (χ3v) is 11.0. The second-order valence-electron chi connectivity index (χ2n) is 12.6. The van der Waals surface area contributed by atoms with Crippen LogP contribution in [0.2, 0.25) is 0 Å². The second kappa shape index (κ2) is 8.87. The molecule has 0 radical (unpaired) electrons. The van der Waals surface area contributed by atoms with Gasteiger partial charge in [-0.05, 0) is 40.6 Å². The molecule has 0 aliphatic heterocycles. The Labute approximate surface area is 264 Å². The minimum Gasteiger partial charge on any atom is -0.292 e. The molecule has 0 spiro atoms. The number of para-hydroxylation sites is 1. The highest BCUT2D eigenvalue weighted by molar-refractivity contribution is 7.26. The summed E-state index contributed by atoms with van der Waals surface area (Å²) in [6, 6.07) is 46.0. The summed E-state index contributed by atoms with van der Waals surface area (Å²) in [4.78, 5) is 11.3. The van der Waals surface area contributed by atoms with Gasteiger partial charge in [-0.25, -0.2) is 9.97 Å². The fourth-order valence-corrected chi connectivity index (χ4v) is 8.78. The highest BCUT2D eigenvalue weighted by Gasteiger charge is 2.39. The lowest BCUT2D eigenvalue weighted by Crippen LogP contribution is -2.18. The number of fused-ring (bicyclic) bond motifs is 10. The van der Waals surface area contributed by atoms with E-state index in [-0.39, 0.29) is 5.41 Å². The molecule has 0 atom stereocenters. The molecule has 0 unspecified atom stereocenters.